The van der Waals surface area contributed by atoms with Gasteiger partial charge in [0, 0.05) is 7.05 Å². The highest BCUT2D eigenvalue weighted by Crippen LogP contribution is 2.25. The Morgan fingerprint density at radius 2 is 2.00 bits per heavy atom. The van der Waals surface area contributed by atoms with Gasteiger partial charge in [-0.05, 0) is 30.0 Å². The number of sulfonamides is 1. The van der Waals surface area contributed by atoms with E-state index in [4.69, 9.17) is 4.74 Å². The first-order chi connectivity index (χ1) is 11.8. The first-order valence-electron chi connectivity index (χ1n) is 7.22. The van der Waals surface area contributed by atoms with Crippen LogP contribution in [0, 0.1) is 0 Å². The zero-order valence-corrected chi connectivity index (χ0v) is 16.4. The van der Waals surface area contributed by atoms with Crippen LogP contribution in [-0.4, -0.2) is 50.2 Å². The van der Waals surface area contributed by atoms with Crippen molar-refractivity contribution in [3.63, 3.8) is 0 Å². The molecule has 1 aromatic heterocycles. The van der Waals surface area contributed by atoms with Crippen molar-refractivity contribution >= 4 is 49.8 Å². The molecular formula is C14H18N4O4S3. The molecule has 1 N–H and O–H groups in total. The lowest BCUT2D eigenvalue weighted by Gasteiger charge is -2.16. The molecule has 0 radical (unpaired) electrons. The maximum absolute atomic E-state index is 11.9. The van der Waals surface area contributed by atoms with Crippen molar-refractivity contribution in [1.82, 2.24) is 10.2 Å². The van der Waals surface area contributed by atoms with Crippen molar-refractivity contribution in [3.05, 3.63) is 24.3 Å². The minimum absolute atomic E-state index is 0.183. The van der Waals surface area contributed by atoms with E-state index in [0.29, 0.717) is 16.6 Å². The van der Waals surface area contributed by atoms with Gasteiger partial charge in [-0.1, -0.05) is 30.0 Å². The monoisotopic (exact) mass is 402 g/mol. The number of amides is 1. The summed E-state index contributed by atoms with van der Waals surface area (Å²) in [5, 5.41) is 10.9. The molecule has 0 aliphatic heterocycles. The van der Waals surface area contributed by atoms with Crippen LogP contribution in [0.5, 0.6) is 5.75 Å². The smallest absolute Gasteiger partial charge is 0.264 e. The Morgan fingerprint density at radius 3 is 2.60 bits per heavy atom. The molecular weight excluding hydrogens is 384 g/mol. The van der Waals surface area contributed by atoms with Crippen LogP contribution < -0.4 is 14.4 Å². The van der Waals surface area contributed by atoms with Gasteiger partial charge in [-0.15, -0.1) is 10.2 Å². The van der Waals surface area contributed by atoms with Gasteiger partial charge in [-0.25, -0.2) is 8.42 Å². The van der Waals surface area contributed by atoms with E-state index in [-0.39, 0.29) is 12.5 Å². The van der Waals surface area contributed by atoms with Gasteiger partial charge >= 0.3 is 0 Å². The topological polar surface area (TPSA) is 101 Å². The third kappa shape index (κ3) is 5.87. The van der Waals surface area contributed by atoms with Crippen molar-refractivity contribution in [3.8, 4) is 5.75 Å². The van der Waals surface area contributed by atoms with E-state index in [1.54, 1.807) is 36.0 Å². The summed E-state index contributed by atoms with van der Waals surface area (Å²) in [6.45, 7) is 1.83. The lowest BCUT2D eigenvalue weighted by molar-refractivity contribution is -0.118. The fourth-order valence-electron chi connectivity index (χ4n) is 1.69. The van der Waals surface area contributed by atoms with Gasteiger partial charge in [0.05, 0.1) is 11.9 Å². The predicted octanol–water partition coefficient (Wildman–Crippen LogP) is 2.06. The number of carbonyl (C=O) groups is 1. The number of hydrogen-bond acceptors (Lipinski definition) is 8. The van der Waals surface area contributed by atoms with Gasteiger partial charge in [0.1, 0.15) is 5.75 Å². The predicted molar refractivity (Wildman–Crippen MR) is 100 cm³/mol. The summed E-state index contributed by atoms with van der Waals surface area (Å²) in [6, 6.07) is 6.41. The minimum Gasteiger partial charge on any atom is -0.484 e. The van der Waals surface area contributed by atoms with Crippen LogP contribution in [0.2, 0.25) is 0 Å². The Bertz CT molecular complexity index is 821. The number of ether oxygens (including phenoxy) is 1. The fraction of sp³-hybridized carbons (Fsp3) is 0.357. The van der Waals surface area contributed by atoms with E-state index in [2.05, 4.69) is 15.5 Å². The van der Waals surface area contributed by atoms with Gasteiger partial charge in [0.25, 0.3) is 5.91 Å². The Morgan fingerprint density at radius 1 is 1.32 bits per heavy atom. The van der Waals surface area contributed by atoms with Crippen LogP contribution in [0.15, 0.2) is 28.6 Å². The molecule has 0 saturated carbocycles. The van der Waals surface area contributed by atoms with Gasteiger partial charge in [0.15, 0.2) is 10.9 Å². The number of hydrogen-bond donors (Lipinski definition) is 1. The molecule has 0 bridgehead atoms. The van der Waals surface area contributed by atoms with Crippen molar-refractivity contribution < 1.29 is 17.9 Å². The molecule has 0 spiro atoms. The highest BCUT2D eigenvalue weighted by atomic mass is 32.2. The van der Waals surface area contributed by atoms with Crippen LogP contribution >= 0.6 is 23.1 Å². The third-order valence-corrected chi connectivity index (χ3v) is 6.05. The van der Waals surface area contributed by atoms with Crippen molar-refractivity contribution in [1.29, 1.82) is 0 Å². The summed E-state index contributed by atoms with van der Waals surface area (Å²) in [5.41, 5.74) is 0.508. The number of thioether (sulfide) groups is 1. The summed E-state index contributed by atoms with van der Waals surface area (Å²) in [7, 11) is -1.85. The average Bonchev–Trinajstić information content (AvgIpc) is 2.99. The van der Waals surface area contributed by atoms with Gasteiger partial charge in [-0.3, -0.25) is 14.4 Å². The number of carbonyl (C=O) groups excluding carboxylic acids is 1. The fourth-order valence-corrected chi connectivity index (χ4v) is 3.86. The first-order valence-corrected chi connectivity index (χ1v) is 10.9. The van der Waals surface area contributed by atoms with Crippen molar-refractivity contribution in [2.24, 2.45) is 0 Å². The molecule has 0 aliphatic carbocycles. The van der Waals surface area contributed by atoms with Crippen LogP contribution in [0.4, 0.5) is 10.8 Å². The second kappa shape index (κ2) is 8.50. The summed E-state index contributed by atoms with van der Waals surface area (Å²) >= 11 is 2.86. The normalized spacial score (nSPS) is 11.2. The molecule has 8 nitrogen and oxygen atoms in total. The quantitative estimate of drug-likeness (QED) is 0.533. The van der Waals surface area contributed by atoms with Gasteiger partial charge < -0.3 is 4.74 Å². The summed E-state index contributed by atoms with van der Waals surface area (Å²) in [5.74, 6) is 0.998. The highest BCUT2D eigenvalue weighted by Gasteiger charge is 2.12. The lowest BCUT2D eigenvalue weighted by Crippen LogP contribution is -2.24. The number of anilines is 2. The Balaban J connectivity index is 1.87. The average molecular weight is 403 g/mol. The largest absolute Gasteiger partial charge is 0.484 e. The number of nitrogens with zero attached hydrogens (tertiary/aromatic N) is 3. The number of aromatic nitrogens is 2. The molecule has 136 valence electrons. The van der Waals surface area contributed by atoms with Crippen LogP contribution in [0.1, 0.15) is 6.92 Å². The van der Waals surface area contributed by atoms with Gasteiger partial charge in [-0.2, -0.15) is 0 Å². The lowest BCUT2D eigenvalue weighted by atomic mass is 10.3. The molecule has 0 saturated heterocycles. The molecule has 0 unspecified atom stereocenters. The zero-order valence-electron chi connectivity index (χ0n) is 13.9. The van der Waals surface area contributed by atoms with Gasteiger partial charge in [0.2, 0.25) is 15.2 Å². The molecule has 1 aromatic carbocycles. The minimum atomic E-state index is -3.32. The molecule has 1 heterocycles. The Labute approximate surface area is 154 Å². The summed E-state index contributed by atoms with van der Waals surface area (Å²) in [6.07, 6.45) is 1.12. The standard InChI is InChI=1S/C14H18N4O4S3/c1-4-23-14-17-16-13(24-14)15-12(19)9-22-11-7-5-10(6-8-11)18(2)25(3,20)21/h5-8H,4,9H2,1-3H3,(H,15,16,19). The van der Waals surface area contributed by atoms with E-state index in [1.807, 2.05) is 6.92 Å². The maximum Gasteiger partial charge on any atom is 0.264 e. The third-order valence-electron chi connectivity index (χ3n) is 2.99. The van der Waals surface area contributed by atoms with E-state index in [9.17, 15) is 13.2 Å². The maximum atomic E-state index is 11.9. The van der Waals surface area contributed by atoms with Crippen LogP contribution in [-0.2, 0) is 14.8 Å². The highest BCUT2D eigenvalue weighted by molar-refractivity contribution is 8.01. The molecule has 0 atom stereocenters. The molecule has 1 amide bonds. The Kier molecular flexibility index (Phi) is 6.62. The molecule has 0 aliphatic rings. The van der Waals surface area contributed by atoms with Crippen LogP contribution in [0.25, 0.3) is 0 Å². The van der Waals surface area contributed by atoms with E-state index >= 15 is 0 Å². The van der Waals surface area contributed by atoms with E-state index in [0.717, 1.165) is 20.7 Å². The van der Waals surface area contributed by atoms with Crippen molar-refractivity contribution in [2.45, 2.75) is 11.3 Å². The molecule has 2 aromatic rings. The summed E-state index contributed by atoms with van der Waals surface area (Å²) < 4.78 is 30.3. The zero-order chi connectivity index (χ0) is 18.4. The second-order valence-corrected chi connectivity index (χ2v) is 9.37. The number of nitrogens with one attached hydrogen (secondary N) is 1. The molecule has 0 fully saturated rings. The Hall–Kier alpha value is -1.85. The molecule has 2 rings (SSSR count). The number of benzene rings is 1. The first kappa shape index (κ1) is 19.5. The second-order valence-electron chi connectivity index (χ2n) is 4.87. The van der Waals surface area contributed by atoms with Crippen LogP contribution in [0.3, 0.4) is 0 Å². The van der Waals surface area contributed by atoms with E-state index in [1.165, 1.54) is 18.4 Å². The van der Waals surface area contributed by atoms with Crippen molar-refractivity contribution in [2.75, 3.05) is 35.3 Å². The SMILES string of the molecule is CCSc1nnc(NC(=O)COc2ccc(N(C)S(C)(=O)=O)cc2)s1. The molecule has 25 heavy (non-hydrogen) atoms. The molecule has 11 heteroatoms. The van der Waals surface area contributed by atoms with E-state index < -0.39 is 10.0 Å². The summed E-state index contributed by atoms with van der Waals surface area (Å²) in [4.78, 5) is 11.9. The number of rotatable bonds is 8.